The van der Waals surface area contributed by atoms with Crippen LogP contribution in [0.4, 0.5) is 13.2 Å². The highest BCUT2D eigenvalue weighted by molar-refractivity contribution is 6.35. The van der Waals surface area contributed by atoms with Crippen LogP contribution in [0, 0.1) is 0 Å². The topological polar surface area (TPSA) is 32.3 Å². The van der Waals surface area contributed by atoms with Gasteiger partial charge in [-0.15, -0.1) is 0 Å². The molecule has 0 radical (unpaired) electrons. The van der Waals surface area contributed by atoms with Crippen molar-refractivity contribution >= 4 is 23.2 Å². The summed E-state index contributed by atoms with van der Waals surface area (Å²) in [5.41, 5.74) is -0.919. The third-order valence-electron chi connectivity index (χ3n) is 2.52. The molecule has 0 aliphatic heterocycles. The van der Waals surface area contributed by atoms with Gasteiger partial charge in [0.15, 0.2) is 0 Å². The molecule has 0 fully saturated rings. The second kappa shape index (κ2) is 5.65. The first-order valence-electron chi connectivity index (χ1n) is 5.06. The number of halogens is 5. The van der Waals surface area contributed by atoms with Crippen LogP contribution in [0.2, 0.25) is 10.0 Å². The summed E-state index contributed by atoms with van der Waals surface area (Å²) < 4.78 is 36.6. The van der Waals surface area contributed by atoms with Gasteiger partial charge in [0.2, 0.25) is 0 Å². The molecule has 0 heterocycles. The van der Waals surface area contributed by atoms with Crippen LogP contribution >= 0.6 is 23.2 Å². The maximum atomic E-state index is 12.2. The molecule has 18 heavy (non-hydrogen) atoms. The second-order valence-corrected chi connectivity index (χ2v) is 4.93. The van der Waals surface area contributed by atoms with E-state index in [0.717, 1.165) is 0 Å². The number of hydrogen-bond acceptors (Lipinski definition) is 2. The number of aliphatic hydroxyl groups excluding tert-OH is 1. The lowest BCUT2D eigenvalue weighted by molar-refractivity contribution is -0.129. The molecule has 0 amide bonds. The van der Waals surface area contributed by atoms with Gasteiger partial charge in [-0.2, -0.15) is 13.2 Å². The van der Waals surface area contributed by atoms with Crippen molar-refractivity contribution in [2.45, 2.75) is 18.6 Å². The highest BCUT2D eigenvalue weighted by atomic mass is 35.5. The number of benzene rings is 1. The van der Waals surface area contributed by atoms with E-state index in [4.69, 9.17) is 23.2 Å². The van der Waals surface area contributed by atoms with Crippen LogP contribution < -0.4 is 5.32 Å². The average Bonchev–Trinajstić information content (AvgIpc) is 2.25. The predicted molar refractivity (Wildman–Crippen MR) is 65.0 cm³/mol. The molecule has 2 nitrogen and oxygen atoms in total. The van der Waals surface area contributed by atoms with Gasteiger partial charge in [0.25, 0.3) is 0 Å². The highest BCUT2D eigenvalue weighted by Crippen LogP contribution is 2.30. The molecule has 1 atom stereocenters. The highest BCUT2D eigenvalue weighted by Gasteiger charge is 2.34. The van der Waals surface area contributed by atoms with Crippen molar-refractivity contribution in [2.24, 2.45) is 0 Å². The third kappa shape index (κ3) is 4.02. The zero-order valence-electron chi connectivity index (χ0n) is 9.48. The van der Waals surface area contributed by atoms with Crippen molar-refractivity contribution in [1.29, 1.82) is 0 Å². The van der Waals surface area contributed by atoms with Gasteiger partial charge in [-0.3, -0.25) is 5.32 Å². The standard InChI is InChI=1S/C11H12Cl2F3NO/c1-10(6-18,17-5-11(14,15)16)8-3-2-7(12)4-9(8)13/h2-4,17-18H,5-6H2,1H3. The summed E-state index contributed by atoms with van der Waals surface area (Å²) in [6, 6.07) is 4.41. The Morgan fingerprint density at radius 2 is 1.89 bits per heavy atom. The lowest BCUT2D eigenvalue weighted by atomic mass is 9.92. The molecular weight excluding hydrogens is 290 g/mol. The van der Waals surface area contributed by atoms with Crippen molar-refractivity contribution in [3.8, 4) is 0 Å². The molecule has 1 aromatic carbocycles. The molecule has 0 aliphatic rings. The van der Waals surface area contributed by atoms with Crippen molar-refractivity contribution < 1.29 is 18.3 Å². The minimum Gasteiger partial charge on any atom is -0.394 e. The van der Waals surface area contributed by atoms with E-state index in [1.54, 1.807) is 0 Å². The first-order valence-corrected chi connectivity index (χ1v) is 5.82. The SMILES string of the molecule is CC(CO)(NCC(F)(F)F)c1ccc(Cl)cc1Cl. The fourth-order valence-electron chi connectivity index (χ4n) is 1.47. The minimum absolute atomic E-state index is 0.203. The quantitative estimate of drug-likeness (QED) is 0.894. The van der Waals surface area contributed by atoms with Crippen LogP contribution in [0.25, 0.3) is 0 Å². The first-order chi connectivity index (χ1) is 8.18. The fraction of sp³-hybridized carbons (Fsp3) is 0.455. The number of rotatable bonds is 4. The lowest BCUT2D eigenvalue weighted by Crippen LogP contribution is -2.47. The Bertz CT molecular complexity index is 425. The zero-order valence-corrected chi connectivity index (χ0v) is 11.0. The van der Waals surface area contributed by atoms with E-state index in [0.29, 0.717) is 10.6 Å². The Morgan fingerprint density at radius 1 is 1.28 bits per heavy atom. The molecule has 0 spiro atoms. The summed E-state index contributed by atoms with van der Waals surface area (Å²) in [7, 11) is 0. The summed E-state index contributed by atoms with van der Waals surface area (Å²) >= 11 is 11.6. The van der Waals surface area contributed by atoms with Crippen molar-refractivity contribution in [3.05, 3.63) is 33.8 Å². The smallest absolute Gasteiger partial charge is 0.394 e. The summed E-state index contributed by atoms with van der Waals surface area (Å²) in [5.74, 6) is 0. The van der Waals surface area contributed by atoms with Crippen molar-refractivity contribution in [3.63, 3.8) is 0 Å². The molecule has 0 aliphatic carbocycles. The van der Waals surface area contributed by atoms with E-state index < -0.39 is 24.9 Å². The van der Waals surface area contributed by atoms with Gasteiger partial charge in [-0.25, -0.2) is 0 Å². The number of hydrogen-bond donors (Lipinski definition) is 2. The van der Waals surface area contributed by atoms with Gasteiger partial charge in [-0.1, -0.05) is 29.3 Å². The van der Waals surface area contributed by atoms with Gasteiger partial charge in [0, 0.05) is 10.0 Å². The number of aliphatic hydroxyl groups is 1. The first kappa shape index (κ1) is 15.6. The van der Waals surface area contributed by atoms with Crippen LogP contribution in [0.3, 0.4) is 0 Å². The van der Waals surface area contributed by atoms with Crippen LogP contribution in [-0.2, 0) is 5.54 Å². The van der Waals surface area contributed by atoms with E-state index in [-0.39, 0.29) is 5.02 Å². The predicted octanol–water partition coefficient (Wildman–Crippen LogP) is 3.35. The van der Waals surface area contributed by atoms with Gasteiger partial charge in [-0.05, 0) is 24.6 Å². The maximum Gasteiger partial charge on any atom is 0.401 e. The number of nitrogens with one attached hydrogen (secondary N) is 1. The minimum atomic E-state index is -4.37. The number of alkyl halides is 3. The molecule has 2 N–H and O–H groups in total. The maximum absolute atomic E-state index is 12.2. The molecule has 7 heteroatoms. The van der Waals surface area contributed by atoms with Crippen LogP contribution in [0.15, 0.2) is 18.2 Å². The summed E-state index contributed by atoms with van der Waals surface area (Å²) in [5, 5.41) is 12.1. The molecule has 0 saturated carbocycles. The summed E-state index contributed by atoms with van der Waals surface area (Å²) in [6.07, 6.45) is -4.37. The fourth-order valence-corrected chi connectivity index (χ4v) is 2.09. The van der Waals surface area contributed by atoms with Crippen molar-refractivity contribution in [2.75, 3.05) is 13.2 Å². The van der Waals surface area contributed by atoms with Gasteiger partial charge >= 0.3 is 6.18 Å². The van der Waals surface area contributed by atoms with E-state index in [9.17, 15) is 18.3 Å². The van der Waals surface area contributed by atoms with E-state index >= 15 is 0 Å². The zero-order chi connectivity index (χ0) is 14.0. The Hall–Kier alpha value is -0.490. The normalized spacial score (nSPS) is 15.5. The van der Waals surface area contributed by atoms with E-state index in [1.165, 1.54) is 25.1 Å². The third-order valence-corrected chi connectivity index (χ3v) is 3.07. The van der Waals surface area contributed by atoms with Gasteiger partial charge in [0.05, 0.1) is 18.7 Å². The Balaban J connectivity index is 2.99. The molecule has 102 valence electrons. The van der Waals surface area contributed by atoms with E-state index in [2.05, 4.69) is 5.32 Å². The van der Waals surface area contributed by atoms with Crippen LogP contribution in [0.1, 0.15) is 12.5 Å². The Labute approximate surface area is 113 Å². The largest absolute Gasteiger partial charge is 0.401 e. The molecule has 1 unspecified atom stereocenters. The molecule has 0 saturated heterocycles. The molecule has 1 rings (SSSR count). The van der Waals surface area contributed by atoms with E-state index in [1.807, 2.05) is 0 Å². The molecule has 0 aromatic heterocycles. The Morgan fingerprint density at radius 3 is 2.33 bits per heavy atom. The monoisotopic (exact) mass is 301 g/mol. The molecule has 1 aromatic rings. The average molecular weight is 302 g/mol. The molecule has 0 bridgehead atoms. The van der Waals surface area contributed by atoms with Crippen LogP contribution in [0.5, 0.6) is 0 Å². The van der Waals surface area contributed by atoms with Crippen molar-refractivity contribution in [1.82, 2.24) is 5.32 Å². The molecular formula is C11H12Cl2F3NO. The lowest BCUT2D eigenvalue weighted by Gasteiger charge is -2.30. The van der Waals surface area contributed by atoms with Crippen LogP contribution in [-0.4, -0.2) is 24.4 Å². The summed E-state index contributed by atoms with van der Waals surface area (Å²) in [4.78, 5) is 0. The second-order valence-electron chi connectivity index (χ2n) is 4.08. The summed E-state index contributed by atoms with van der Waals surface area (Å²) in [6.45, 7) is -0.304. The van der Waals surface area contributed by atoms with Gasteiger partial charge in [0.1, 0.15) is 0 Å². The Kier molecular flexibility index (Phi) is 4.89. The van der Waals surface area contributed by atoms with Gasteiger partial charge < -0.3 is 5.11 Å².